The van der Waals surface area contributed by atoms with Crippen molar-refractivity contribution >= 4 is 45.0 Å². The number of benzene rings is 1. The second kappa shape index (κ2) is 9.41. The molecular weight excluding hydrogens is 458 g/mol. The lowest BCUT2D eigenvalue weighted by Crippen LogP contribution is -2.55. The van der Waals surface area contributed by atoms with Gasteiger partial charge in [-0.25, -0.2) is 0 Å². The third-order valence-corrected chi connectivity index (χ3v) is 6.33. The molecule has 0 aliphatic carbocycles. The number of rotatable bonds is 5. The van der Waals surface area contributed by atoms with Crippen molar-refractivity contribution in [1.82, 2.24) is 15.1 Å². The van der Waals surface area contributed by atoms with Gasteiger partial charge < -0.3 is 19.9 Å². The van der Waals surface area contributed by atoms with Gasteiger partial charge >= 0.3 is 0 Å². The van der Waals surface area contributed by atoms with E-state index in [0.717, 1.165) is 3.79 Å². The molecule has 154 valence electrons. The number of halogens is 1. The Morgan fingerprint density at radius 3 is 2.41 bits per heavy atom. The van der Waals surface area contributed by atoms with E-state index in [1.807, 2.05) is 0 Å². The zero-order valence-electron chi connectivity index (χ0n) is 16.2. The van der Waals surface area contributed by atoms with Gasteiger partial charge in [-0.3, -0.25) is 14.4 Å². The molecule has 3 amide bonds. The van der Waals surface area contributed by atoms with Crippen LogP contribution in [0.2, 0.25) is 0 Å². The summed E-state index contributed by atoms with van der Waals surface area (Å²) in [6, 6.07) is 9.90. The van der Waals surface area contributed by atoms with Gasteiger partial charge in [-0.05, 0) is 53.2 Å². The van der Waals surface area contributed by atoms with Gasteiger partial charge in [0, 0.05) is 31.7 Å². The molecular formula is C20H22BrN3O4S. The van der Waals surface area contributed by atoms with Crippen LogP contribution in [0.3, 0.4) is 0 Å². The number of amides is 3. The van der Waals surface area contributed by atoms with E-state index in [9.17, 15) is 14.4 Å². The quantitative estimate of drug-likeness (QED) is 0.714. The largest absolute Gasteiger partial charge is 0.497 e. The molecule has 1 unspecified atom stereocenters. The van der Waals surface area contributed by atoms with Gasteiger partial charge in [0.2, 0.25) is 5.91 Å². The first-order valence-corrected chi connectivity index (χ1v) is 10.8. The van der Waals surface area contributed by atoms with Crippen LogP contribution in [0.15, 0.2) is 40.2 Å². The number of hydrogen-bond acceptors (Lipinski definition) is 5. The molecule has 2 aromatic rings. The van der Waals surface area contributed by atoms with Crippen LogP contribution >= 0.6 is 27.3 Å². The van der Waals surface area contributed by atoms with E-state index in [2.05, 4.69) is 21.2 Å². The minimum absolute atomic E-state index is 0.0828. The first kappa shape index (κ1) is 21.3. The molecule has 1 fully saturated rings. The number of thiophene rings is 1. The smallest absolute Gasteiger partial charge is 0.262 e. The van der Waals surface area contributed by atoms with Crippen molar-refractivity contribution in [2.24, 2.45) is 0 Å². The summed E-state index contributed by atoms with van der Waals surface area (Å²) in [5.74, 6) is 0.128. The van der Waals surface area contributed by atoms with Crippen LogP contribution in [-0.2, 0) is 4.79 Å². The Hall–Kier alpha value is -2.39. The van der Waals surface area contributed by atoms with E-state index < -0.39 is 6.04 Å². The third-order valence-electron chi connectivity index (χ3n) is 4.71. The Balaban J connectivity index is 1.53. The van der Waals surface area contributed by atoms with E-state index in [1.54, 1.807) is 60.2 Å². The normalized spacial score (nSPS) is 15.0. The maximum absolute atomic E-state index is 12.7. The molecule has 3 rings (SSSR count). The molecule has 9 heteroatoms. The molecule has 1 aromatic carbocycles. The van der Waals surface area contributed by atoms with Crippen molar-refractivity contribution in [3.8, 4) is 5.75 Å². The van der Waals surface area contributed by atoms with Crippen LogP contribution in [0, 0.1) is 0 Å². The number of nitrogens with zero attached hydrogens (tertiary/aromatic N) is 2. The first-order valence-electron chi connectivity index (χ1n) is 9.17. The highest BCUT2D eigenvalue weighted by molar-refractivity contribution is 9.11. The molecule has 1 aromatic heterocycles. The van der Waals surface area contributed by atoms with E-state index in [4.69, 9.17) is 4.74 Å². The van der Waals surface area contributed by atoms with E-state index in [-0.39, 0.29) is 17.7 Å². The van der Waals surface area contributed by atoms with Gasteiger partial charge in [-0.1, -0.05) is 6.07 Å². The molecule has 0 bridgehead atoms. The monoisotopic (exact) mass is 479 g/mol. The highest BCUT2D eigenvalue weighted by atomic mass is 79.9. The van der Waals surface area contributed by atoms with Gasteiger partial charge in [0.1, 0.15) is 11.8 Å². The highest BCUT2D eigenvalue weighted by Gasteiger charge is 2.28. The third kappa shape index (κ3) is 5.16. The van der Waals surface area contributed by atoms with Crippen molar-refractivity contribution in [2.45, 2.75) is 13.0 Å². The molecule has 7 nitrogen and oxygen atoms in total. The average molecular weight is 480 g/mol. The van der Waals surface area contributed by atoms with Crippen LogP contribution in [0.1, 0.15) is 27.0 Å². The standard InChI is InChI=1S/C20H22BrN3O4S/c1-13(22-18(25)16-6-7-17(21)29-16)19(26)23-8-10-24(11-9-23)20(27)14-4-3-5-15(12-14)28-2/h3-7,12-13H,8-11H2,1-2H3,(H,22,25). The number of ether oxygens (including phenoxy) is 1. The van der Waals surface area contributed by atoms with Crippen molar-refractivity contribution in [1.29, 1.82) is 0 Å². The van der Waals surface area contributed by atoms with E-state index in [1.165, 1.54) is 11.3 Å². The summed E-state index contributed by atoms with van der Waals surface area (Å²) in [6.45, 7) is 3.43. The minimum atomic E-state index is -0.635. The van der Waals surface area contributed by atoms with Gasteiger partial charge in [-0.2, -0.15) is 0 Å². The van der Waals surface area contributed by atoms with Crippen LogP contribution < -0.4 is 10.1 Å². The van der Waals surface area contributed by atoms with Crippen LogP contribution in [0.4, 0.5) is 0 Å². The highest BCUT2D eigenvalue weighted by Crippen LogP contribution is 2.22. The minimum Gasteiger partial charge on any atom is -0.497 e. The lowest BCUT2D eigenvalue weighted by Gasteiger charge is -2.36. The number of carbonyl (C=O) groups excluding carboxylic acids is 3. The summed E-state index contributed by atoms with van der Waals surface area (Å²) in [5, 5.41) is 2.74. The van der Waals surface area contributed by atoms with Gasteiger partial charge in [-0.15, -0.1) is 11.3 Å². The summed E-state index contributed by atoms with van der Waals surface area (Å²) < 4.78 is 6.03. The molecule has 1 atom stereocenters. The number of piperazine rings is 1. The maximum atomic E-state index is 12.7. The fourth-order valence-electron chi connectivity index (χ4n) is 3.11. The zero-order chi connectivity index (χ0) is 21.0. The van der Waals surface area contributed by atoms with E-state index in [0.29, 0.717) is 42.4 Å². The summed E-state index contributed by atoms with van der Waals surface area (Å²) in [6.07, 6.45) is 0. The predicted molar refractivity (Wildman–Crippen MR) is 114 cm³/mol. The Bertz CT molecular complexity index is 909. The number of nitrogens with one attached hydrogen (secondary N) is 1. The summed E-state index contributed by atoms with van der Waals surface area (Å²) in [4.78, 5) is 41.6. The van der Waals surface area contributed by atoms with Crippen molar-refractivity contribution in [2.75, 3.05) is 33.3 Å². The fraction of sp³-hybridized carbons (Fsp3) is 0.350. The van der Waals surface area contributed by atoms with Gasteiger partial charge in [0.15, 0.2) is 0 Å². The topological polar surface area (TPSA) is 79.0 Å². The average Bonchev–Trinajstić information content (AvgIpc) is 3.19. The SMILES string of the molecule is COc1cccc(C(=O)N2CCN(C(=O)C(C)NC(=O)c3ccc(Br)s3)CC2)c1. The van der Waals surface area contributed by atoms with Crippen molar-refractivity contribution < 1.29 is 19.1 Å². The van der Waals surface area contributed by atoms with E-state index >= 15 is 0 Å². The molecule has 1 N–H and O–H groups in total. The first-order chi connectivity index (χ1) is 13.9. The Labute approximate surface area is 181 Å². The predicted octanol–water partition coefficient (Wildman–Crippen LogP) is 2.62. The molecule has 0 spiro atoms. The summed E-state index contributed by atoms with van der Waals surface area (Å²) in [5.41, 5.74) is 0.562. The number of methoxy groups -OCH3 is 1. The second-order valence-electron chi connectivity index (χ2n) is 6.65. The van der Waals surface area contributed by atoms with Crippen LogP contribution in [-0.4, -0.2) is 66.9 Å². The molecule has 1 saturated heterocycles. The number of hydrogen-bond donors (Lipinski definition) is 1. The molecule has 1 aliphatic heterocycles. The molecule has 2 heterocycles. The lowest BCUT2D eigenvalue weighted by atomic mass is 10.1. The Morgan fingerprint density at radius 2 is 1.79 bits per heavy atom. The van der Waals surface area contributed by atoms with Crippen LogP contribution in [0.5, 0.6) is 5.75 Å². The van der Waals surface area contributed by atoms with Crippen LogP contribution in [0.25, 0.3) is 0 Å². The van der Waals surface area contributed by atoms with Gasteiger partial charge in [0.05, 0.1) is 15.8 Å². The summed E-state index contributed by atoms with van der Waals surface area (Å²) >= 11 is 4.64. The second-order valence-corrected chi connectivity index (χ2v) is 9.11. The maximum Gasteiger partial charge on any atom is 0.262 e. The number of carbonyl (C=O) groups is 3. The Morgan fingerprint density at radius 1 is 1.10 bits per heavy atom. The fourth-order valence-corrected chi connectivity index (χ4v) is 4.40. The molecule has 0 saturated carbocycles. The van der Waals surface area contributed by atoms with Crippen molar-refractivity contribution in [3.63, 3.8) is 0 Å². The van der Waals surface area contributed by atoms with Crippen molar-refractivity contribution in [3.05, 3.63) is 50.6 Å². The summed E-state index contributed by atoms with van der Waals surface area (Å²) in [7, 11) is 1.56. The Kier molecular flexibility index (Phi) is 6.92. The lowest BCUT2D eigenvalue weighted by molar-refractivity contribution is -0.134. The zero-order valence-corrected chi connectivity index (χ0v) is 18.6. The molecule has 29 heavy (non-hydrogen) atoms. The van der Waals surface area contributed by atoms with Gasteiger partial charge in [0.25, 0.3) is 11.8 Å². The molecule has 1 aliphatic rings. The molecule has 0 radical (unpaired) electrons.